The maximum Gasteiger partial charge on any atom is 0.114 e. The number of anilines is 1. The van der Waals surface area contributed by atoms with Crippen molar-refractivity contribution in [3.05, 3.63) is 59.4 Å². The van der Waals surface area contributed by atoms with Crippen LogP contribution >= 0.6 is 0 Å². The van der Waals surface area contributed by atoms with Crippen molar-refractivity contribution in [1.29, 1.82) is 0 Å². The lowest BCUT2D eigenvalue weighted by Crippen LogP contribution is -2.00. The number of aromatic nitrogens is 2. The minimum Gasteiger partial charge on any atom is -0.399 e. The van der Waals surface area contributed by atoms with E-state index in [9.17, 15) is 0 Å². The number of hydrogen-bond acceptors (Lipinski definition) is 2. The number of nitrogens with two attached hydrogens (primary N) is 1. The fourth-order valence-corrected chi connectivity index (χ4v) is 2.56. The molecule has 1 aromatic heterocycles. The summed E-state index contributed by atoms with van der Waals surface area (Å²) in [6.45, 7) is 2.12. The van der Waals surface area contributed by atoms with Crippen molar-refractivity contribution < 1.29 is 0 Å². The molecule has 0 aliphatic carbocycles. The van der Waals surface area contributed by atoms with Gasteiger partial charge in [0.25, 0.3) is 0 Å². The molecule has 0 aliphatic rings. The third-order valence-corrected chi connectivity index (χ3v) is 3.50. The summed E-state index contributed by atoms with van der Waals surface area (Å²) < 4.78 is 2.17. The molecule has 0 bridgehead atoms. The van der Waals surface area contributed by atoms with Crippen LogP contribution in [0.25, 0.3) is 11.0 Å². The molecule has 3 rings (SSSR count). The van der Waals surface area contributed by atoms with Gasteiger partial charge in [0.2, 0.25) is 0 Å². The first-order valence-corrected chi connectivity index (χ1v) is 6.40. The second kappa shape index (κ2) is 4.43. The summed E-state index contributed by atoms with van der Waals surface area (Å²) in [6.07, 6.45) is 0.801. The minimum atomic E-state index is 0.799. The van der Waals surface area contributed by atoms with Gasteiger partial charge in [0, 0.05) is 19.2 Å². The van der Waals surface area contributed by atoms with Crippen LogP contribution in [0.1, 0.15) is 17.0 Å². The van der Waals surface area contributed by atoms with E-state index in [1.165, 1.54) is 16.6 Å². The Morgan fingerprint density at radius 3 is 2.68 bits per heavy atom. The molecule has 3 heteroatoms. The summed E-state index contributed by atoms with van der Waals surface area (Å²) in [4.78, 5) is 4.72. The maximum absolute atomic E-state index is 5.82. The molecule has 0 atom stereocenters. The number of para-hydroxylation sites is 1. The van der Waals surface area contributed by atoms with E-state index in [1.54, 1.807) is 0 Å². The van der Waals surface area contributed by atoms with Crippen LogP contribution in [0.2, 0.25) is 0 Å². The van der Waals surface area contributed by atoms with Crippen LogP contribution in [0, 0.1) is 6.92 Å². The second-order valence-corrected chi connectivity index (χ2v) is 4.95. The van der Waals surface area contributed by atoms with Gasteiger partial charge in [-0.3, -0.25) is 0 Å². The second-order valence-electron chi connectivity index (χ2n) is 4.95. The molecule has 0 spiro atoms. The monoisotopic (exact) mass is 251 g/mol. The van der Waals surface area contributed by atoms with E-state index in [4.69, 9.17) is 10.7 Å². The summed E-state index contributed by atoms with van der Waals surface area (Å²) in [6, 6.07) is 14.2. The van der Waals surface area contributed by atoms with E-state index in [2.05, 4.69) is 42.8 Å². The Kier molecular flexibility index (Phi) is 2.75. The number of nitrogens with zero attached hydrogens (tertiary/aromatic N) is 2. The van der Waals surface area contributed by atoms with Crippen LogP contribution in [0.3, 0.4) is 0 Å². The first kappa shape index (κ1) is 11.8. The highest BCUT2D eigenvalue weighted by Crippen LogP contribution is 2.20. The Balaban J connectivity index is 2.06. The van der Waals surface area contributed by atoms with Crippen LogP contribution in [0.4, 0.5) is 5.69 Å². The average molecular weight is 251 g/mol. The topological polar surface area (TPSA) is 43.8 Å². The van der Waals surface area contributed by atoms with Crippen LogP contribution < -0.4 is 5.73 Å². The number of imidazole rings is 1. The summed E-state index contributed by atoms with van der Waals surface area (Å²) >= 11 is 0. The molecule has 96 valence electrons. The fourth-order valence-electron chi connectivity index (χ4n) is 2.56. The number of aryl methyl sites for hydroxylation is 2. The predicted octanol–water partition coefficient (Wildman–Crippen LogP) is 3.05. The van der Waals surface area contributed by atoms with Crippen LogP contribution in [-0.2, 0) is 13.5 Å². The van der Waals surface area contributed by atoms with Gasteiger partial charge < -0.3 is 10.3 Å². The standard InChI is InChI=1S/C16H17N3/c1-11-5-3-8-14-16(11)19(2)15(18-14)10-12-6-4-7-13(17)9-12/h3-9H,10,17H2,1-2H3. The Hall–Kier alpha value is -2.29. The Morgan fingerprint density at radius 2 is 1.95 bits per heavy atom. The van der Waals surface area contributed by atoms with Crippen molar-refractivity contribution >= 4 is 16.7 Å². The smallest absolute Gasteiger partial charge is 0.114 e. The van der Waals surface area contributed by atoms with Crippen molar-refractivity contribution in [2.24, 2.45) is 7.05 Å². The maximum atomic E-state index is 5.82. The summed E-state index contributed by atoms with van der Waals surface area (Å²) in [7, 11) is 2.07. The molecular weight excluding hydrogens is 234 g/mol. The van der Waals surface area contributed by atoms with E-state index >= 15 is 0 Å². The molecule has 0 fully saturated rings. The SMILES string of the molecule is Cc1cccc2nc(Cc3cccc(N)c3)n(C)c12. The Labute approximate surface area is 112 Å². The molecular formula is C16H17N3. The molecule has 0 aliphatic heterocycles. The number of fused-ring (bicyclic) bond motifs is 1. The van der Waals surface area contributed by atoms with Crippen molar-refractivity contribution in [3.8, 4) is 0 Å². The van der Waals surface area contributed by atoms with Gasteiger partial charge in [0.1, 0.15) is 5.82 Å². The third-order valence-electron chi connectivity index (χ3n) is 3.50. The summed E-state index contributed by atoms with van der Waals surface area (Å²) in [5.74, 6) is 1.06. The van der Waals surface area contributed by atoms with E-state index in [-0.39, 0.29) is 0 Å². The van der Waals surface area contributed by atoms with Crippen LogP contribution in [-0.4, -0.2) is 9.55 Å². The van der Waals surface area contributed by atoms with Gasteiger partial charge >= 0.3 is 0 Å². The lowest BCUT2D eigenvalue weighted by molar-refractivity contribution is 0.843. The highest BCUT2D eigenvalue weighted by Gasteiger charge is 2.09. The van der Waals surface area contributed by atoms with Gasteiger partial charge in [-0.1, -0.05) is 24.3 Å². The zero-order valence-corrected chi connectivity index (χ0v) is 11.2. The van der Waals surface area contributed by atoms with Gasteiger partial charge in [-0.25, -0.2) is 4.98 Å². The molecule has 1 heterocycles. The van der Waals surface area contributed by atoms with E-state index in [1.807, 2.05) is 18.2 Å². The minimum absolute atomic E-state index is 0.799. The van der Waals surface area contributed by atoms with Gasteiger partial charge in [0.05, 0.1) is 11.0 Å². The van der Waals surface area contributed by atoms with E-state index in [0.717, 1.165) is 23.4 Å². The van der Waals surface area contributed by atoms with Crippen molar-refractivity contribution in [1.82, 2.24) is 9.55 Å². The van der Waals surface area contributed by atoms with E-state index in [0.29, 0.717) is 0 Å². The number of benzene rings is 2. The van der Waals surface area contributed by atoms with Gasteiger partial charge in [-0.2, -0.15) is 0 Å². The average Bonchev–Trinajstić information content (AvgIpc) is 2.68. The molecule has 0 unspecified atom stereocenters. The summed E-state index contributed by atoms with van der Waals surface area (Å²) in [5, 5.41) is 0. The lowest BCUT2D eigenvalue weighted by atomic mass is 10.1. The van der Waals surface area contributed by atoms with Gasteiger partial charge in [-0.05, 0) is 36.2 Å². The van der Waals surface area contributed by atoms with Gasteiger partial charge in [-0.15, -0.1) is 0 Å². The molecule has 0 saturated carbocycles. The first-order valence-electron chi connectivity index (χ1n) is 6.40. The molecule has 0 amide bonds. The number of hydrogen-bond donors (Lipinski definition) is 1. The number of nitrogen functional groups attached to an aromatic ring is 1. The van der Waals surface area contributed by atoms with Crippen molar-refractivity contribution in [3.63, 3.8) is 0 Å². The molecule has 0 saturated heterocycles. The zero-order chi connectivity index (χ0) is 13.4. The normalized spacial score (nSPS) is 11.1. The van der Waals surface area contributed by atoms with Crippen molar-refractivity contribution in [2.45, 2.75) is 13.3 Å². The van der Waals surface area contributed by atoms with Crippen molar-refractivity contribution in [2.75, 3.05) is 5.73 Å². The lowest BCUT2D eigenvalue weighted by Gasteiger charge is -2.04. The zero-order valence-electron chi connectivity index (χ0n) is 11.2. The third kappa shape index (κ3) is 2.08. The Bertz CT molecular complexity index is 741. The molecule has 3 nitrogen and oxygen atoms in total. The molecule has 2 N–H and O–H groups in total. The number of rotatable bonds is 2. The van der Waals surface area contributed by atoms with Gasteiger partial charge in [0.15, 0.2) is 0 Å². The molecule has 19 heavy (non-hydrogen) atoms. The Morgan fingerprint density at radius 1 is 1.16 bits per heavy atom. The highest BCUT2D eigenvalue weighted by atomic mass is 15.1. The quantitative estimate of drug-likeness (QED) is 0.711. The molecule has 3 aromatic rings. The van der Waals surface area contributed by atoms with Crippen LogP contribution in [0.15, 0.2) is 42.5 Å². The first-order chi connectivity index (χ1) is 9.15. The fraction of sp³-hybridized carbons (Fsp3) is 0.188. The molecule has 0 radical (unpaired) electrons. The molecule has 2 aromatic carbocycles. The largest absolute Gasteiger partial charge is 0.399 e. The van der Waals surface area contributed by atoms with E-state index < -0.39 is 0 Å². The summed E-state index contributed by atoms with van der Waals surface area (Å²) in [5.41, 5.74) is 11.3. The predicted molar refractivity (Wildman–Crippen MR) is 79.1 cm³/mol. The highest BCUT2D eigenvalue weighted by molar-refractivity contribution is 5.79. The van der Waals surface area contributed by atoms with Crippen LogP contribution in [0.5, 0.6) is 0 Å².